The van der Waals surface area contributed by atoms with E-state index in [2.05, 4.69) is 20.7 Å². The number of nitrogens with zero attached hydrogens (tertiary/aromatic N) is 4. The van der Waals surface area contributed by atoms with Crippen LogP contribution in [-0.2, 0) is 26.1 Å². The zero-order chi connectivity index (χ0) is 21.3. The number of aliphatic imine (C=N–C) groups is 1. The van der Waals surface area contributed by atoms with Gasteiger partial charge in [0.2, 0.25) is 0 Å². The summed E-state index contributed by atoms with van der Waals surface area (Å²) in [4.78, 5) is 17.0. The fourth-order valence-corrected chi connectivity index (χ4v) is 3.52. The third kappa shape index (κ3) is 5.34. The molecule has 2 aromatic rings. The Morgan fingerprint density at radius 3 is 2.83 bits per heavy atom. The van der Waals surface area contributed by atoms with Crippen LogP contribution in [0.5, 0.6) is 11.5 Å². The van der Waals surface area contributed by atoms with Crippen LogP contribution in [0.15, 0.2) is 28.0 Å². The highest BCUT2D eigenvalue weighted by molar-refractivity contribution is 5.79. The lowest BCUT2D eigenvalue weighted by molar-refractivity contribution is 0.391. The summed E-state index contributed by atoms with van der Waals surface area (Å²) < 4.78 is 14.1. The van der Waals surface area contributed by atoms with Crippen LogP contribution >= 0.6 is 0 Å². The smallest absolute Gasteiger partial charge is 0.345 e. The minimum absolute atomic E-state index is 0.0110. The first kappa shape index (κ1) is 21.7. The molecule has 164 valence electrons. The number of fused-ring (bicyclic) bond motifs is 1. The van der Waals surface area contributed by atoms with Gasteiger partial charge in [-0.15, -0.1) is 0 Å². The van der Waals surface area contributed by atoms with Crippen molar-refractivity contribution in [2.75, 3.05) is 27.3 Å². The molecule has 30 heavy (non-hydrogen) atoms. The van der Waals surface area contributed by atoms with E-state index in [0.29, 0.717) is 19.6 Å². The molecule has 0 bridgehead atoms. The number of rotatable bonds is 9. The molecule has 1 aliphatic rings. The molecule has 1 aliphatic heterocycles. The number of aromatic nitrogens is 3. The number of hydrogen-bond donors (Lipinski definition) is 2. The lowest BCUT2D eigenvalue weighted by Gasteiger charge is -2.12. The third-order valence-corrected chi connectivity index (χ3v) is 5.12. The van der Waals surface area contributed by atoms with Gasteiger partial charge < -0.3 is 20.1 Å². The number of guanidine groups is 1. The average Bonchev–Trinajstić information content (AvgIpc) is 3.10. The number of benzene rings is 1. The maximum atomic E-state index is 12.4. The minimum atomic E-state index is 0.0110. The summed E-state index contributed by atoms with van der Waals surface area (Å²) in [6.45, 7) is 5.35. The van der Waals surface area contributed by atoms with E-state index in [1.54, 1.807) is 18.9 Å². The summed E-state index contributed by atoms with van der Waals surface area (Å²) in [6.07, 6.45) is 3.85. The molecule has 1 aromatic heterocycles. The van der Waals surface area contributed by atoms with Gasteiger partial charge in [-0.1, -0.05) is 0 Å². The molecule has 9 nitrogen and oxygen atoms in total. The molecule has 0 saturated heterocycles. The Kier molecular flexibility index (Phi) is 7.75. The largest absolute Gasteiger partial charge is 0.497 e. The molecule has 9 heteroatoms. The first-order chi connectivity index (χ1) is 14.7. The molecule has 3 rings (SSSR count). The van der Waals surface area contributed by atoms with E-state index in [9.17, 15) is 4.79 Å². The SMILES string of the molecule is CCNC(=NCc1ccc(OC)cc1OC)NCCCn1nc2n(c1=O)CCCC2. The lowest BCUT2D eigenvalue weighted by Crippen LogP contribution is -2.38. The number of hydrogen-bond acceptors (Lipinski definition) is 5. The first-order valence-electron chi connectivity index (χ1n) is 10.6. The Bertz CT molecular complexity index is 918. The van der Waals surface area contributed by atoms with Crippen LogP contribution in [0.3, 0.4) is 0 Å². The predicted molar refractivity (Wildman–Crippen MR) is 116 cm³/mol. The van der Waals surface area contributed by atoms with Crippen LogP contribution in [0.4, 0.5) is 0 Å². The second-order valence-corrected chi connectivity index (χ2v) is 7.18. The van der Waals surface area contributed by atoms with E-state index in [1.807, 2.05) is 29.7 Å². The van der Waals surface area contributed by atoms with Crippen LogP contribution in [0.2, 0.25) is 0 Å². The fourth-order valence-electron chi connectivity index (χ4n) is 3.52. The minimum Gasteiger partial charge on any atom is -0.497 e. The molecule has 0 spiro atoms. The van der Waals surface area contributed by atoms with Crippen molar-refractivity contribution < 1.29 is 9.47 Å². The van der Waals surface area contributed by atoms with Gasteiger partial charge in [-0.05, 0) is 38.3 Å². The monoisotopic (exact) mass is 416 g/mol. The number of nitrogens with one attached hydrogen (secondary N) is 2. The van der Waals surface area contributed by atoms with Gasteiger partial charge in [0.05, 0.1) is 20.8 Å². The molecule has 0 saturated carbocycles. The normalized spacial score (nSPS) is 13.6. The maximum Gasteiger partial charge on any atom is 0.345 e. The van der Waals surface area contributed by atoms with Gasteiger partial charge in [0.25, 0.3) is 0 Å². The van der Waals surface area contributed by atoms with Crippen LogP contribution in [-0.4, -0.2) is 47.6 Å². The number of ether oxygens (including phenoxy) is 2. The fraction of sp³-hybridized carbons (Fsp3) is 0.571. The van der Waals surface area contributed by atoms with Crippen molar-refractivity contribution in [3.05, 3.63) is 40.1 Å². The van der Waals surface area contributed by atoms with E-state index in [1.165, 1.54) is 0 Å². The van der Waals surface area contributed by atoms with Crippen molar-refractivity contribution in [1.29, 1.82) is 0 Å². The summed E-state index contributed by atoms with van der Waals surface area (Å²) in [5.74, 6) is 3.15. The second kappa shape index (κ2) is 10.7. The van der Waals surface area contributed by atoms with Crippen LogP contribution in [0.25, 0.3) is 0 Å². The van der Waals surface area contributed by atoms with Gasteiger partial charge >= 0.3 is 5.69 Å². The summed E-state index contributed by atoms with van der Waals surface area (Å²) in [5.41, 5.74) is 0.988. The molecule has 0 amide bonds. The zero-order valence-electron chi connectivity index (χ0n) is 18.1. The van der Waals surface area contributed by atoms with Crippen molar-refractivity contribution >= 4 is 5.96 Å². The average molecular weight is 417 g/mol. The Morgan fingerprint density at radius 1 is 1.23 bits per heavy atom. The topological polar surface area (TPSA) is 94.7 Å². The quantitative estimate of drug-likeness (QED) is 0.366. The van der Waals surface area contributed by atoms with Gasteiger partial charge in [-0.25, -0.2) is 14.5 Å². The molecule has 0 atom stereocenters. The summed E-state index contributed by atoms with van der Waals surface area (Å²) >= 11 is 0. The van der Waals surface area contributed by atoms with E-state index >= 15 is 0 Å². The summed E-state index contributed by atoms with van der Waals surface area (Å²) in [5, 5.41) is 11.1. The second-order valence-electron chi connectivity index (χ2n) is 7.18. The van der Waals surface area contributed by atoms with Crippen molar-refractivity contribution in [2.24, 2.45) is 4.99 Å². The molecule has 1 aromatic carbocycles. The standard InChI is InChI=1S/C21H32N6O3/c1-4-22-20(24-15-16-9-10-17(29-2)14-18(16)30-3)23-11-7-13-27-21(28)26-12-6-5-8-19(26)25-27/h9-10,14H,4-8,11-13,15H2,1-3H3,(H2,22,23,24). The zero-order valence-corrected chi connectivity index (χ0v) is 18.1. The highest BCUT2D eigenvalue weighted by atomic mass is 16.5. The van der Waals surface area contributed by atoms with Gasteiger partial charge in [0.15, 0.2) is 5.96 Å². The third-order valence-electron chi connectivity index (χ3n) is 5.12. The number of aryl methyl sites for hydroxylation is 2. The highest BCUT2D eigenvalue weighted by Gasteiger charge is 2.16. The van der Waals surface area contributed by atoms with Crippen LogP contribution in [0.1, 0.15) is 37.6 Å². The van der Waals surface area contributed by atoms with Gasteiger partial charge in [0, 0.05) is 44.2 Å². The molecule has 0 radical (unpaired) electrons. The van der Waals surface area contributed by atoms with E-state index in [4.69, 9.17) is 9.47 Å². The first-order valence-corrected chi connectivity index (χ1v) is 10.6. The van der Waals surface area contributed by atoms with Crippen molar-refractivity contribution in [2.45, 2.75) is 52.2 Å². The molecule has 0 aliphatic carbocycles. The maximum absolute atomic E-state index is 12.4. The van der Waals surface area contributed by atoms with E-state index < -0.39 is 0 Å². The van der Waals surface area contributed by atoms with Gasteiger partial charge in [-0.2, -0.15) is 5.10 Å². The Balaban J connectivity index is 1.54. The van der Waals surface area contributed by atoms with Crippen molar-refractivity contribution in [3.8, 4) is 11.5 Å². The van der Waals surface area contributed by atoms with Gasteiger partial charge in [0.1, 0.15) is 17.3 Å². The van der Waals surface area contributed by atoms with Crippen molar-refractivity contribution in [3.63, 3.8) is 0 Å². The lowest BCUT2D eigenvalue weighted by atomic mass is 10.2. The van der Waals surface area contributed by atoms with Crippen molar-refractivity contribution in [1.82, 2.24) is 25.0 Å². The summed E-state index contributed by atoms with van der Waals surface area (Å²) in [7, 11) is 3.27. The van der Waals surface area contributed by atoms with E-state index in [0.717, 1.165) is 67.6 Å². The summed E-state index contributed by atoms with van der Waals surface area (Å²) in [6, 6.07) is 5.71. The van der Waals surface area contributed by atoms with Crippen LogP contribution < -0.4 is 25.8 Å². The Morgan fingerprint density at radius 2 is 2.10 bits per heavy atom. The molecule has 0 fully saturated rings. The Labute approximate surface area is 177 Å². The van der Waals surface area contributed by atoms with E-state index in [-0.39, 0.29) is 5.69 Å². The Hall–Kier alpha value is -2.97. The molecule has 2 heterocycles. The highest BCUT2D eigenvalue weighted by Crippen LogP contribution is 2.25. The van der Waals surface area contributed by atoms with Gasteiger partial charge in [-0.3, -0.25) is 4.57 Å². The molecular weight excluding hydrogens is 384 g/mol. The molecule has 0 unspecified atom stereocenters. The number of methoxy groups -OCH3 is 2. The van der Waals surface area contributed by atoms with Crippen LogP contribution in [0, 0.1) is 0 Å². The molecular formula is C21H32N6O3. The predicted octanol–water partition coefficient (Wildman–Crippen LogP) is 1.54. The molecule has 2 N–H and O–H groups in total.